The summed E-state index contributed by atoms with van der Waals surface area (Å²) in [5, 5.41) is 4.72. The minimum atomic E-state index is 0.631. The number of hydrogen-bond acceptors (Lipinski definition) is 3. The fraction of sp³-hybridized carbons (Fsp3) is 0. The predicted molar refractivity (Wildman–Crippen MR) is 219 cm³/mol. The Kier molecular flexibility index (Phi) is 7.43. The van der Waals surface area contributed by atoms with E-state index in [4.69, 9.17) is 15.0 Å². The van der Waals surface area contributed by atoms with Crippen molar-refractivity contribution in [2.75, 3.05) is 0 Å². The molecule has 0 aliphatic carbocycles. The van der Waals surface area contributed by atoms with Gasteiger partial charge in [-0.1, -0.05) is 164 Å². The molecule has 0 saturated carbocycles. The topological polar surface area (TPSA) is 43.6 Å². The third-order valence-corrected chi connectivity index (χ3v) is 10.1. The van der Waals surface area contributed by atoms with Crippen LogP contribution in [0, 0.1) is 0 Å². The molecule has 0 aliphatic rings. The van der Waals surface area contributed by atoms with E-state index in [-0.39, 0.29) is 0 Å². The van der Waals surface area contributed by atoms with E-state index in [1.165, 1.54) is 21.9 Å². The highest BCUT2D eigenvalue weighted by Gasteiger charge is 2.19. The molecule has 0 bridgehead atoms. The first-order valence-electron chi connectivity index (χ1n) is 17.9. The van der Waals surface area contributed by atoms with E-state index in [0.29, 0.717) is 17.5 Å². The molecule has 2 aromatic heterocycles. The highest BCUT2D eigenvalue weighted by Crippen LogP contribution is 2.38. The molecule has 53 heavy (non-hydrogen) atoms. The van der Waals surface area contributed by atoms with Crippen LogP contribution in [0.3, 0.4) is 0 Å². The Hall–Kier alpha value is -7.17. The van der Waals surface area contributed by atoms with Crippen molar-refractivity contribution in [3.8, 4) is 62.1 Å². The van der Waals surface area contributed by atoms with Gasteiger partial charge >= 0.3 is 0 Å². The van der Waals surface area contributed by atoms with Crippen molar-refractivity contribution in [3.05, 3.63) is 194 Å². The molecule has 0 radical (unpaired) electrons. The first-order valence-corrected chi connectivity index (χ1v) is 17.9. The van der Waals surface area contributed by atoms with Crippen molar-refractivity contribution in [2.24, 2.45) is 0 Å². The number of hydrogen-bond donors (Lipinski definition) is 0. The van der Waals surface area contributed by atoms with Crippen LogP contribution in [0.4, 0.5) is 0 Å². The summed E-state index contributed by atoms with van der Waals surface area (Å²) in [5.41, 5.74) is 10.8. The maximum Gasteiger partial charge on any atom is 0.164 e. The zero-order valence-electron chi connectivity index (χ0n) is 28.8. The second-order valence-corrected chi connectivity index (χ2v) is 13.3. The average Bonchev–Trinajstić information content (AvgIpc) is 3.59. The minimum absolute atomic E-state index is 0.631. The first-order chi connectivity index (χ1) is 26.3. The molecule has 8 aromatic carbocycles. The maximum absolute atomic E-state index is 5.22. The number of para-hydroxylation sites is 2. The lowest BCUT2D eigenvalue weighted by Gasteiger charge is -2.11. The van der Waals surface area contributed by atoms with Gasteiger partial charge in [-0.2, -0.15) is 0 Å². The fourth-order valence-electron chi connectivity index (χ4n) is 7.44. The average molecular weight is 677 g/mol. The molecule has 0 atom stereocenters. The van der Waals surface area contributed by atoms with E-state index in [0.717, 1.165) is 55.3 Å². The van der Waals surface area contributed by atoms with Crippen molar-refractivity contribution in [1.29, 1.82) is 0 Å². The molecule has 0 saturated heterocycles. The smallest absolute Gasteiger partial charge is 0.164 e. The Bertz CT molecular complexity index is 2910. The predicted octanol–water partition coefficient (Wildman–Crippen LogP) is 12.5. The highest BCUT2D eigenvalue weighted by molar-refractivity contribution is 6.15. The Morgan fingerprint density at radius 2 is 0.830 bits per heavy atom. The zero-order valence-corrected chi connectivity index (χ0v) is 28.8. The van der Waals surface area contributed by atoms with Crippen LogP contribution in [0.25, 0.3) is 94.7 Å². The van der Waals surface area contributed by atoms with Crippen molar-refractivity contribution < 1.29 is 0 Å². The molecular formula is C49H32N4. The SMILES string of the molecule is c1ccc(-c2ccc(-c3nc(-c4ccc(-c5ccc6ccccc6c5)cc4)nc(-c4cccc5c4c4ccccc4n5-c4ccccc4)n3)cc2)cc1. The summed E-state index contributed by atoms with van der Waals surface area (Å²) in [6.07, 6.45) is 0. The van der Waals surface area contributed by atoms with Crippen LogP contribution in [0.1, 0.15) is 0 Å². The number of rotatable bonds is 6. The van der Waals surface area contributed by atoms with Crippen molar-refractivity contribution in [3.63, 3.8) is 0 Å². The molecular weight excluding hydrogens is 645 g/mol. The molecule has 0 N–H and O–H groups in total. The number of nitrogens with zero attached hydrogens (tertiary/aromatic N) is 4. The lowest BCUT2D eigenvalue weighted by atomic mass is 10.00. The summed E-state index contributed by atoms with van der Waals surface area (Å²) < 4.78 is 2.32. The van der Waals surface area contributed by atoms with Gasteiger partial charge in [-0.05, 0) is 63.4 Å². The van der Waals surface area contributed by atoms with Gasteiger partial charge in [-0.25, -0.2) is 15.0 Å². The Morgan fingerprint density at radius 3 is 1.55 bits per heavy atom. The molecule has 4 heteroatoms. The molecule has 0 aliphatic heterocycles. The third kappa shape index (κ3) is 5.54. The molecule has 248 valence electrons. The lowest BCUT2D eigenvalue weighted by Crippen LogP contribution is -2.00. The summed E-state index contributed by atoms with van der Waals surface area (Å²) in [6, 6.07) is 68.1. The minimum Gasteiger partial charge on any atom is -0.309 e. The van der Waals surface area contributed by atoms with Crippen LogP contribution < -0.4 is 0 Å². The summed E-state index contributed by atoms with van der Waals surface area (Å²) in [4.78, 5) is 15.5. The normalized spacial score (nSPS) is 11.4. The van der Waals surface area contributed by atoms with Gasteiger partial charge in [0.15, 0.2) is 17.5 Å². The van der Waals surface area contributed by atoms with Crippen LogP contribution in [0.15, 0.2) is 194 Å². The van der Waals surface area contributed by atoms with Gasteiger partial charge in [0.2, 0.25) is 0 Å². The summed E-state index contributed by atoms with van der Waals surface area (Å²) >= 11 is 0. The van der Waals surface area contributed by atoms with Crippen molar-refractivity contribution >= 4 is 32.6 Å². The van der Waals surface area contributed by atoms with E-state index in [2.05, 4.69) is 193 Å². The Labute approximate surface area is 307 Å². The van der Waals surface area contributed by atoms with Gasteiger partial charge in [0.1, 0.15) is 0 Å². The van der Waals surface area contributed by atoms with Gasteiger partial charge in [0.05, 0.1) is 11.0 Å². The third-order valence-electron chi connectivity index (χ3n) is 10.1. The maximum atomic E-state index is 5.22. The molecule has 0 amide bonds. The molecule has 0 spiro atoms. The van der Waals surface area contributed by atoms with E-state index in [1.807, 2.05) is 6.07 Å². The quantitative estimate of drug-likeness (QED) is 0.176. The molecule has 10 aromatic rings. The molecule has 4 nitrogen and oxygen atoms in total. The number of aromatic nitrogens is 4. The summed E-state index contributed by atoms with van der Waals surface area (Å²) in [6.45, 7) is 0. The van der Waals surface area contributed by atoms with Gasteiger partial charge in [0, 0.05) is 33.2 Å². The zero-order chi connectivity index (χ0) is 35.1. The van der Waals surface area contributed by atoms with E-state index in [1.54, 1.807) is 0 Å². The van der Waals surface area contributed by atoms with Crippen LogP contribution in [0.5, 0.6) is 0 Å². The first kappa shape index (κ1) is 30.6. The lowest BCUT2D eigenvalue weighted by molar-refractivity contribution is 1.08. The standard InChI is InChI=1S/C49H32N4/c1-3-12-33(13-4-1)35-22-27-37(28-23-35)47-50-48(38-29-24-36(25-30-38)40-31-26-34-14-7-8-15-39(34)32-40)52-49(51-47)43-19-11-21-45-46(43)42-18-9-10-20-44(42)53(45)41-16-5-2-6-17-41/h1-32H. The van der Waals surface area contributed by atoms with Crippen molar-refractivity contribution in [1.82, 2.24) is 19.5 Å². The second-order valence-electron chi connectivity index (χ2n) is 13.3. The van der Waals surface area contributed by atoms with Gasteiger partial charge < -0.3 is 4.57 Å². The van der Waals surface area contributed by atoms with Crippen LogP contribution in [-0.4, -0.2) is 19.5 Å². The van der Waals surface area contributed by atoms with E-state index in [9.17, 15) is 0 Å². The molecule has 0 unspecified atom stereocenters. The molecule has 2 heterocycles. The monoisotopic (exact) mass is 676 g/mol. The Balaban J connectivity index is 1.14. The molecule has 0 fully saturated rings. The van der Waals surface area contributed by atoms with Gasteiger partial charge in [-0.3, -0.25) is 0 Å². The van der Waals surface area contributed by atoms with Gasteiger partial charge in [0.25, 0.3) is 0 Å². The largest absolute Gasteiger partial charge is 0.309 e. The summed E-state index contributed by atoms with van der Waals surface area (Å²) in [7, 11) is 0. The van der Waals surface area contributed by atoms with Crippen molar-refractivity contribution in [2.45, 2.75) is 0 Å². The van der Waals surface area contributed by atoms with Crippen LogP contribution in [0.2, 0.25) is 0 Å². The fourth-order valence-corrected chi connectivity index (χ4v) is 7.44. The van der Waals surface area contributed by atoms with Crippen LogP contribution in [-0.2, 0) is 0 Å². The van der Waals surface area contributed by atoms with Crippen LogP contribution >= 0.6 is 0 Å². The highest BCUT2D eigenvalue weighted by atomic mass is 15.0. The number of fused-ring (bicyclic) bond motifs is 4. The molecule has 10 rings (SSSR count). The van der Waals surface area contributed by atoms with E-state index < -0.39 is 0 Å². The second kappa shape index (κ2) is 12.9. The van der Waals surface area contributed by atoms with E-state index >= 15 is 0 Å². The van der Waals surface area contributed by atoms with Gasteiger partial charge in [-0.15, -0.1) is 0 Å². The Morgan fingerprint density at radius 1 is 0.321 bits per heavy atom. The summed E-state index contributed by atoms with van der Waals surface area (Å²) in [5.74, 6) is 1.90. The number of benzene rings is 8.